The van der Waals surface area contributed by atoms with E-state index >= 15 is 0 Å². The SMILES string of the molecule is Cc1cccc(NC(=O)CN2CCN(C(=O)COc3cccc(C)c3C)CC2)c1C. The maximum Gasteiger partial charge on any atom is 0.260 e. The zero-order chi connectivity index (χ0) is 21.7. The number of carbonyl (C=O) groups excluding carboxylic acids is 2. The van der Waals surface area contributed by atoms with Crippen molar-refractivity contribution in [3.63, 3.8) is 0 Å². The van der Waals surface area contributed by atoms with Crippen LogP contribution < -0.4 is 10.1 Å². The summed E-state index contributed by atoms with van der Waals surface area (Å²) < 4.78 is 5.74. The summed E-state index contributed by atoms with van der Waals surface area (Å²) in [7, 11) is 0. The van der Waals surface area contributed by atoms with Gasteiger partial charge in [0.25, 0.3) is 5.91 Å². The summed E-state index contributed by atoms with van der Waals surface area (Å²) in [6, 6.07) is 11.8. The van der Waals surface area contributed by atoms with Crippen molar-refractivity contribution in [3.05, 3.63) is 58.7 Å². The number of nitrogens with one attached hydrogen (secondary N) is 1. The van der Waals surface area contributed by atoms with Crippen molar-refractivity contribution in [1.82, 2.24) is 9.80 Å². The molecule has 6 nitrogen and oxygen atoms in total. The van der Waals surface area contributed by atoms with Gasteiger partial charge in [-0.1, -0.05) is 24.3 Å². The van der Waals surface area contributed by atoms with E-state index in [-0.39, 0.29) is 18.4 Å². The third-order valence-electron chi connectivity index (χ3n) is 5.88. The smallest absolute Gasteiger partial charge is 0.260 e. The van der Waals surface area contributed by atoms with Gasteiger partial charge in [-0.15, -0.1) is 0 Å². The average Bonchev–Trinajstić information content (AvgIpc) is 2.73. The highest BCUT2D eigenvalue weighted by atomic mass is 16.5. The molecule has 0 radical (unpaired) electrons. The lowest BCUT2D eigenvalue weighted by molar-refractivity contribution is -0.135. The van der Waals surface area contributed by atoms with Crippen molar-refractivity contribution >= 4 is 17.5 Å². The third kappa shape index (κ3) is 5.39. The van der Waals surface area contributed by atoms with Crippen LogP contribution in [0.5, 0.6) is 5.75 Å². The Bertz CT molecular complexity index is 918. The van der Waals surface area contributed by atoms with Gasteiger partial charge < -0.3 is 15.0 Å². The third-order valence-corrected chi connectivity index (χ3v) is 5.88. The van der Waals surface area contributed by atoms with E-state index in [9.17, 15) is 9.59 Å². The van der Waals surface area contributed by atoms with Crippen LogP contribution in [0.4, 0.5) is 5.69 Å². The van der Waals surface area contributed by atoms with Crippen molar-refractivity contribution < 1.29 is 14.3 Å². The number of hydrogen-bond acceptors (Lipinski definition) is 4. The first kappa shape index (κ1) is 21.8. The lowest BCUT2D eigenvalue weighted by Gasteiger charge is -2.34. The number of carbonyl (C=O) groups is 2. The van der Waals surface area contributed by atoms with Crippen LogP contribution in [-0.4, -0.2) is 60.9 Å². The summed E-state index contributed by atoms with van der Waals surface area (Å²) in [5.74, 6) is 0.710. The second kappa shape index (κ2) is 9.76. The fourth-order valence-corrected chi connectivity index (χ4v) is 3.55. The molecule has 2 aromatic carbocycles. The molecular weight excluding hydrogens is 378 g/mol. The number of rotatable bonds is 6. The van der Waals surface area contributed by atoms with Crippen LogP contribution in [0.15, 0.2) is 36.4 Å². The van der Waals surface area contributed by atoms with Gasteiger partial charge in [-0.05, 0) is 62.1 Å². The maximum atomic E-state index is 12.5. The largest absolute Gasteiger partial charge is 0.483 e. The van der Waals surface area contributed by atoms with Crippen molar-refractivity contribution in [2.45, 2.75) is 27.7 Å². The minimum atomic E-state index is -0.0262. The highest BCUT2D eigenvalue weighted by molar-refractivity contribution is 5.93. The molecule has 1 aliphatic heterocycles. The molecular formula is C24H31N3O3. The minimum absolute atomic E-state index is 0.0182. The second-order valence-corrected chi connectivity index (χ2v) is 7.94. The van der Waals surface area contributed by atoms with E-state index in [1.807, 2.05) is 69.0 Å². The van der Waals surface area contributed by atoms with Gasteiger partial charge >= 0.3 is 0 Å². The summed E-state index contributed by atoms with van der Waals surface area (Å²) >= 11 is 0. The second-order valence-electron chi connectivity index (χ2n) is 7.94. The predicted molar refractivity (Wildman–Crippen MR) is 119 cm³/mol. The molecule has 0 saturated carbocycles. The molecule has 0 aromatic heterocycles. The predicted octanol–water partition coefficient (Wildman–Crippen LogP) is 3.08. The first-order valence-electron chi connectivity index (χ1n) is 10.4. The standard InChI is InChI=1S/C24H31N3O3/c1-17-7-5-9-21(19(17)3)25-23(28)15-26-11-13-27(14-12-26)24(29)16-30-22-10-6-8-18(2)20(22)4/h5-10H,11-16H2,1-4H3,(H,25,28). The summed E-state index contributed by atoms with van der Waals surface area (Å²) in [5.41, 5.74) is 5.31. The summed E-state index contributed by atoms with van der Waals surface area (Å²) in [6.07, 6.45) is 0. The van der Waals surface area contributed by atoms with Crippen molar-refractivity contribution in [3.8, 4) is 5.75 Å². The van der Waals surface area contributed by atoms with Crippen LogP contribution >= 0.6 is 0 Å². The normalized spacial score (nSPS) is 14.5. The summed E-state index contributed by atoms with van der Waals surface area (Å²) in [4.78, 5) is 28.8. The first-order valence-corrected chi connectivity index (χ1v) is 10.4. The summed E-state index contributed by atoms with van der Waals surface area (Å²) in [5, 5.41) is 3.00. The molecule has 6 heteroatoms. The molecule has 2 aromatic rings. The average molecular weight is 410 g/mol. The molecule has 1 N–H and O–H groups in total. The van der Waals surface area contributed by atoms with Gasteiger partial charge in [-0.3, -0.25) is 14.5 Å². The number of ether oxygens (including phenoxy) is 1. The van der Waals surface area contributed by atoms with Gasteiger partial charge in [0.05, 0.1) is 6.54 Å². The highest BCUT2D eigenvalue weighted by Gasteiger charge is 2.23. The molecule has 160 valence electrons. The molecule has 3 rings (SSSR count). The number of nitrogens with zero attached hydrogens (tertiary/aromatic N) is 2. The molecule has 30 heavy (non-hydrogen) atoms. The van der Waals surface area contributed by atoms with Gasteiger partial charge in [0.15, 0.2) is 6.61 Å². The lowest BCUT2D eigenvalue weighted by Crippen LogP contribution is -2.51. The Morgan fingerprint density at radius 2 is 1.53 bits per heavy atom. The van der Waals surface area contributed by atoms with Crippen molar-refractivity contribution in [2.24, 2.45) is 0 Å². The number of hydrogen-bond donors (Lipinski definition) is 1. The van der Waals surface area contributed by atoms with Gasteiger partial charge in [-0.2, -0.15) is 0 Å². The van der Waals surface area contributed by atoms with E-state index in [0.29, 0.717) is 32.7 Å². The van der Waals surface area contributed by atoms with E-state index in [1.54, 1.807) is 0 Å². The van der Waals surface area contributed by atoms with E-state index in [2.05, 4.69) is 10.2 Å². The zero-order valence-electron chi connectivity index (χ0n) is 18.3. The Balaban J connectivity index is 1.44. The maximum absolute atomic E-state index is 12.5. The molecule has 0 spiro atoms. The lowest BCUT2D eigenvalue weighted by atomic mass is 10.1. The monoisotopic (exact) mass is 409 g/mol. The quantitative estimate of drug-likeness (QED) is 0.797. The Morgan fingerprint density at radius 1 is 0.900 bits per heavy atom. The van der Waals surface area contributed by atoms with Gasteiger partial charge in [0, 0.05) is 31.9 Å². The van der Waals surface area contributed by atoms with Crippen molar-refractivity contribution in [2.75, 3.05) is 44.6 Å². The molecule has 0 aliphatic carbocycles. The topological polar surface area (TPSA) is 61.9 Å². The number of amides is 2. The fraction of sp³-hybridized carbons (Fsp3) is 0.417. The van der Waals surface area contributed by atoms with Crippen molar-refractivity contribution in [1.29, 1.82) is 0 Å². The molecule has 1 heterocycles. The highest BCUT2D eigenvalue weighted by Crippen LogP contribution is 2.21. The first-order chi connectivity index (χ1) is 14.3. The van der Waals surface area contributed by atoms with Gasteiger partial charge in [0.1, 0.15) is 5.75 Å². The van der Waals surface area contributed by atoms with Crippen LogP contribution in [0.25, 0.3) is 0 Å². The summed E-state index contributed by atoms with van der Waals surface area (Å²) in [6.45, 7) is 11.0. The molecule has 1 fully saturated rings. The van der Waals surface area contributed by atoms with Crippen LogP contribution in [-0.2, 0) is 9.59 Å². The zero-order valence-corrected chi connectivity index (χ0v) is 18.3. The number of aryl methyl sites for hydroxylation is 2. The van der Waals surface area contributed by atoms with Crippen LogP contribution in [0.3, 0.4) is 0 Å². The molecule has 2 amide bonds. The molecule has 1 aliphatic rings. The Hall–Kier alpha value is -2.86. The van der Waals surface area contributed by atoms with E-state index in [4.69, 9.17) is 4.74 Å². The van der Waals surface area contributed by atoms with Gasteiger partial charge in [0.2, 0.25) is 5.91 Å². The Kier molecular flexibility index (Phi) is 7.11. The van der Waals surface area contributed by atoms with Crippen LogP contribution in [0.1, 0.15) is 22.3 Å². The molecule has 0 bridgehead atoms. The number of benzene rings is 2. The molecule has 1 saturated heterocycles. The Morgan fingerprint density at radius 3 is 2.23 bits per heavy atom. The minimum Gasteiger partial charge on any atom is -0.483 e. The van der Waals surface area contributed by atoms with Crippen LogP contribution in [0.2, 0.25) is 0 Å². The van der Waals surface area contributed by atoms with E-state index in [1.165, 1.54) is 0 Å². The molecule has 0 atom stereocenters. The van der Waals surface area contributed by atoms with E-state index in [0.717, 1.165) is 33.7 Å². The molecule has 0 unspecified atom stereocenters. The number of piperazine rings is 1. The van der Waals surface area contributed by atoms with E-state index < -0.39 is 0 Å². The number of anilines is 1. The van der Waals surface area contributed by atoms with Crippen LogP contribution in [0, 0.1) is 27.7 Å². The van der Waals surface area contributed by atoms with Gasteiger partial charge in [-0.25, -0.2) is 0 Å². The Labute approximate surface area is 178 Å². The fourth-order valence-electron chi connectivity index (χ4n) is 3.55.